The van der Waals surface area contributed by atoms with Crippen molar-refractivity contribution in [3.05, 3.63) is 48.0 Å². The summed E-state index contributed by atoms with van der Waals surface area (Å²) in [6.45, 7) is -0.385. The number of hydrogen-bond acceptors (Lipinski definition) is 4. The molecule has 1 fully saturated rings. The van der Waals surface area contributed by atoms with Crippen LogP contribution in [0.25, 0.3) is 0 Å². The lowest BCUT2D eigenvalue weighted by molar-refractivity contribution is -0.168. The van der Waals surface area contributed by atoms with E-state index in [-0.39, 0.29) is 0 Å². The molecule has 0 radical (unpaired) electrons. The Balaban J connectivity index is 0.00000199. The summed E-state index contributed by atoms with van der Waals surface area (Å²) in [6, 6.07) is 6.41. The summed E-state index contributed by atoms with van der Waals surface area (Å²) in [4.78, 5) is 14.5. The smallest absolute Gasteiger partial charge is 0.393 e. The van der Waals surface area contributed by atoms with Crippen LogP contribution in [0.15, 0.2) is 41.3 Å². The third kappa shape index (κ3) is 6.49. The van der Waals surface area contributed by atoms with Crippen molar-refractivity contribution >= 4 is 29.0 Å². The highest BCUT2D eigenvalue weighted by Gasteiger charge is 2.50. The van der Waals surface area contributed by atoms with Gasteiger partial charge in [0.15, 0.2) is 11.6 Å². The number of carbonyl (C=O) groups excluding carboxylic acids is 1. The summed E-state index contributed by atoms with van der Waals surface area (Å²) in [5, 5.41) is 2.50. The van der Waals surface area contributed by atoms with Crippen molar-refractivity contribution < 1.29 is 40.3 Å². The quantitative estimate of drug-likeness (QED) is 0.345. The summed E-state index contributed by atoms with van der Waals surface area (Å²) in [5.41, 5.74) is -0.263. The molecule has 34 heavy (non-hydrogen) atoms. The monoisotopic (exact) mass is 512 g/mol. The van der Waals surface area contributed by atoms with Crippen LogP contribution in [0.4, 0.5) is 42.1 Å². The molecule has 3 rings (SSSR count). The highest BCUT2D eigenvalue weighted by Crippen LogP contribution is 2.43. The maximum Gasteiger partial charge on any atom is 0.393 e. The van der Waals surface area contributed by atoms with Gasteiger partial charge in [-0.1, -0.05) is 19.9 Å². The number of carbonyl (C=O) groups is 1. The second-order valence-electron chi connectivity index (χ2n) is 6.95. The van der Waals surface area contributed by atoms with Crippen molar-refractivity contribution in [3.8, 4) is 5.75 Å². The molecule has 1 heterocycles. The summed E-state index contributed by atoms with van der Waals surface area (Å²) in [6.07, 6.45) is -3.61. The first-order valence-corrected chi connectivity index (χ1v) is 11.4. The van der Waals surface area contributed by atoms with E-state index in [1.54, 1.807) is 24.5 Å². The van der Waals surface area contributed by atoms with Crippen molar-refractivity contribution in [2.45, 2.75) is 44.0 Å². The van der Waals surface area contributed by atoms with E-state index < -0.39 is 66.7 Å². The predicted octanol–water partition coefficient (Wildman–Crippen LogP) is 6.71. The Morgan fingerprint density at radius 2 is 1.85 bits per heavy atom. The zero-order valence-corrected chi connectivity index (χ0v) is 19.2. The van der Waals surface area contributed by atoms with Crippen LogP contribution in [0.1, 0.15) is 20.3 Å². The van der Waals surface area contributed by atoms with E-state index in [4.69, 9.17) is 0 Å². The molecule has 0 saturated carbocycles. The third-order valence-corrected chi connectivity index (χ3v) is 5.67. The Bertz CT molecular complexity index is 988. The molecule has 1 saturated heterocycles. The normalized spacial score (nSPS) is 17.9. The van der Waals surface area contributed by atoms with Gasteiger partial charge < -0.3 is 15.0 Å². The van der Waals surface area contributed by atoms with Crippen molar-refractivity contribution in [3.63, 3.8) is 0 Å². The lowest BCUT2D eigenvalue weighted by Crippen LogP contribution is -2.40. The first kappa shape index (κ1) is 27.6. The molecule has 1 aliphatic rings. The molecule has 1 amide bonds. The average molecular weight is 512 g/mol. The van der Waals surface area contributed by atoms with Crippen LogP contribution in [-0.2, 0) is 4.79 Å². The van der Waals surface area contributed by atoms with E-state index in [2.05, 4.69) is 10.1 Å². The van der Waals surface area contributed by atoms with Crippen molar-refractivity contribution in [1.82, 2.24) is 0 Å². The Kier molecular flexibility index (Phi) is 9.48. The lowest BCUT2D eigenvalue weighted by atomic mass is 10.0. The van der Waals surface area contributed by atoms with Crippen LogP contribution in [-0.4, -0.2) is 37.5 Å². The maximum atomic E-state index is 14.2. The lowest BCUT2D eigenvalue weighted by Gasteiger charge is -2.28. The minimum atomic E-state index is -4.70. The topological polar surface area (TPSA) is 41.6 Å². The van der Waals surface area contributed by atoms with Crippen LogP contribution in [0.5, 0.6) is 5.75 Å². The molecule has 1 aliphatic heterocycles. The maximum absolute atomic E-state index is 14.2. The van der Waals surface area contributed by atoms with E-state index in [0.717, 1.165) is 15.9 Å². The van der Waals surface area contributed by atoms with E-state index in [0.29, 0.717) is 11.8 Å². The van der Waals surface area contributed by atoms with Gasteiger partial charge in [-0.15, -0.1) is 11.8 Å². The molecular weight excluding hydrogens is 489 g/mol. The van der Waals surface area contributed by atoms with Gasteiger partial charge in [-0.3, -0.25) is 4.79 Å². The highest BCUT2D eigenvalue weighted by atomic mass is 32.2. The third-order valence-electron chi connectivity index (χ3n) is 4.95. The fourth-order valence-corrected chi connectivity index (χ4v) is 3.92. The second kappa shape index (κ2) is 11.7. The Hall–Kier alpha value is -2.63. The van der Waals surface area contributed by atoms with Gasteiger partial charge >= 0.3 is 12.8 Å². The number of hydrogen-bond donors (Lipinski definition) is 1. The molecule has 0 bridgehead atoms. The Morgan fingerprint density at radius 1 is 1.18 bits per heavy atom. The zero-order valence-electron chi connectivity index (χ0n) is 18.4. The van der Waals surface area contributed by atoms with Gasteiger partial charge in [-0.05, 0) is 43.0 Å². The minimum absolute atomic E-state index is 0.312. The first-order valence-electron chi connectivity index (χ1n) is 10.2. The van der Waals surface area contributed by atoms with Crippen LogP contribution in [0.2, 0.25) is 0 Å². The van der Waals surface area contributed by atoms with Gasteiger partial charge in [0.2, 0.25) is 11.7 Å². The van der Waals surface area contributed by atoms with Gasteiger partial charge in [-0.2, -0.15) is 26.3 Å². The zero-order chi connectivity index (χ0) is 25.6. The van der Waals surface area contributed by atoms with Crippen LogP contribution < -0.4 is 15.0 Å². The molecular formula is C22H23F7N2O2S. The largest absolute Gasteiger partial charge is 0.429 e. The number of ether oxygens (including phenoxy) is 1. The summed E-state index contributed by atoms with van der Waals surface area (Å²) in [5.74, 6) is -7.42. The fourth-order valence-electron chi connectivity index (χ4n) is 3.46. The molecule has 2 unspecified atom stereocenters. The highest BCUT2D eigenvalue weighted by molar-refractivity contribution is 7.98. The molecule has 0 aliphatic carbocycles. The molecule has 12 heteroatoms. The van der Waals surface area contributed by atoms with Crippen LogP contribution in [0.3, 0.4) is 0 Å². The number of amides is 1. The van der Waals surface area contributed by atoms with Crippen molar-refractivity contribution in [2.24, 2.45) is 5.92 Å². The molecule has 4 nitrogen and oxygen atoms in total. The number of alkyl halides is 5. The van der Waals surface area contributed by atoms with Crippen LogP contribution in [0, 0.1) is 17.6 Å². The van der Waals surface area contributed by atoms with Gasteiger partial charge in [-0.25, -0.2) is 4.39 Å². The summed E-state index contributed by atoms with van der Waals surface area (Å²) >= 11 is 1.38. The molecule has 2 aromatic carbocycles. The number of nitrogens with zero attached hydrogens (tertiary/aromatic N) is 1. The SMILES string of the molecule is CC.CSc1cccc(NC(=O)C2CC(C(F)(F)F)CN2c2ccc(F)c(F)c2OC(F)F)c1. The summed E-state index contributed by atoms with van der Waals surface area (Å²) < 4.78 is 97.7. The van der Waals surface area contributed by atoms with E-state index in [1.807, 2.05) is 13.8 Å². The summed E-state index contributed by atoms with van der Waals surface area (Å²) in [7, 11) is 0. The first-order chi connectivity index (χ1) is 16.0. The van der Waals surface area contributed by atoms with Crippen LogP contribution >= 0.6 is 11.8 Å². The molecule has 188 valence electrons. The molecule has 2 aromatic rings. The van der Waals surface area contributed by atoms with E-state index in [1.165, 1.54) is 17.8 Å². The number of rotatable bonds is 6. The second-order valence-corrected chi connectivity index (χ2v) is 7.83. The van der Waals surface area contributed by atoms with Gasteiger partial charge in [0.05, 0.1) is 11.6 Å². The molecule has 2 atom stereocenters. The van der Waals surface area contributed by atoms with Gasteiger partial charge in [0.25, 0.3) is 0 Å². The average Bonchev–Trinajstić information content (AvgIpc) is 3.24. The number of thioether (sulfide) groups is 1. The van der Waals surface area contributed by atoms with Crippen molar-refractivity contribution in [1.29, 1.82) is 0 Å². The molecule has 0 spiro atoms. The van der Waals surface area contributed by atoms with E-state index >= 15 is 0 Å². The molecule has 0 aromatic heterocycles. The van der Waals surface area contributed by atoms with Crippen molar-refractivity contribution in [2.75, 3.05) is 23.0 Å². The fraction of sp³-hybridized carbons (Fsp3) is 0.409. The standard InChI is InChI=1S/C20H17F7N2O2S.C2H6/c1-32-12-4-2-3-11(8-12)28-18(30)15-7-10(20(25,26)27)9-29(15)14-6-5-13(21)16(22)17(14)31-19(23)24;1-2/h2-6,8,10,15,19H,7,9H2,1H3,(H,28,30);1-2H3. The van der Waals surface area contributed by atoms with Gasteiger partial charge in [0.1, 0.15) is 6.04 Å². The number of anilines is 2. The number of nitrogens with one attached hydrogen (secondary N) is 1. The van der Waals surface area contributed by atoms with E-state index in [9.17, 15) is 35.5 Å². The van der Waals surface area contributed by atoms with Gasteiger partial charge in [0, 0.05) is 17.1 Å². The Labute approximate surface area is 196 Å². The predicted molar refractivity (Wildman–Crippen MR) is 116 cm³/mol. The Morgan fingerprint density at radius 3 is 2.44 bits per heavy atom. The number of halogens is 7. The number of benzene rings is 2. The molecule has 1 N–H and O–H groups in total. The minimum Gasteiger partial charge on any atom is -0.429 e.